The Morgan fingerprint density at radius 1 is 1.47 bits per heavy atom. The van der Waals surface area contributed by atoms with E-state index in [0.29, 0.717) is 0 Å². The highest BCUT2D eigenvalue weighted by atomic mass is 19.4. The number of ether oxygens (including phenoxy) is 1. The van der Waals surface area contributed by atoms with E-state index in [-0.39, 0.29) is 13.1 Å². The van der Waals surface area contributed by atoms with E-state index in [1.54, 1.807) is 0 Å². The summed E-state index contributed by atoms with van der Waals surface area (Å²) >= 11 is 0. The molecule has 15 heavy (non-hydrogen) atoms. The summed E-state index contributed by atoms with van der Waals surface area (Å²) in [5, 5.41) is 0. The van der Waals surface area contributed by atoms with Crippen molar-refractivity contribution in [3.63, 3.8) is 0 Å². The van der Waals surface area contributed by atoms with Gasteiger partial charge in [-0.1, -0.05) is 6.08 Å². The van der Waals surface area contributed by atoms with Crippen molar-refractivity contribution in [2.45, 2.75) is 13.1 Å². The van der Waals surface area contributed by atoms with E-state index >= 15 is 0 Å². The molecule has 0 radical (unpaired) electrons. The SMILES string of the molecule is COC(=O)CN(C)CC=C(C)C(F)(F)F. The van der Waals surface area contributed by atoms with Gasteiger partial charge in [0.2, 0.25) is 0 Å². The Morgan fingerprint density at radius 3 is 2.40 bits per heavy atom. The van der Waals surface area contributed by atoms with Crippen molar-refractivity contribution in [3.05, 3.63) is 11.6 Å². The van der Waals surface area contributed by atoms with Crippen molar-refractivity contribution in [1.82, 2.24) is 4.90 Å². The standard InChI is InChI=1S/C9H14F3NO2/c1-7(9(10,11)12)4-5-13(2)6-8(14)15-3/h4H,5-6H2,1-3H3. The molecule has 0 aliphatic rings. The van der Waals surface area contributed by atoms with Crippen molar-refractivity contribution in [2.75, 3.05) is 27.2 Å². The molecule has 0 aliphatic heterocycles. The lowest BCUT2D eigenvalue weighted by Gasteiger charge is -2.13. The van der Waals surface area contributed by atoms with Gasteiger partial charge in [-0.15, -0.1) is 0 Å². The zero-order chi connectivity index (χ0) is 12.1. The molecule has 0 bridgehead atoms. The summed E-state index contributed by atoms with van der Waals surface area (Å²) in [5.41, 5.74) is -0.667. The average Bonchev–Trinajstić information content (AvgIpc) is 2.12. The maximum Gasteiger partial charge on any atom is 0.412 e. The van der Waals surface area contributed by atoms with Crippen molar-refractivity contribution < 1.29 is 22.7 Å². The summed E-state index contributed by atoms with van der Waals surface area (Å²) in [7, 11) is 2.77. The molecule has 0 spiro atoms. The minimum absolute atomic E-state index is 0.0296. The van der Waals surface area contributed by atoms with Crippen LogP contribution < -0.4 is 0 Å². The first-order chi connectivity index (χ1) is 6.77. The number of rotatable bonds is 4. The first-order valence-electron chi connectivity index (χ1n) is 4.26. The minimum Gasteiger partial charge on any atom is -0.468 e. The fraction of sp³-hybridized carbons (Fsp3) is 0.667. The molecule has 88 valence electrons. The topological polar surface area (TPSA) is 29.5 Å². The Morgan fingerprint density at radius 2 is 2.00 bits per heavy atom. The third kappa shape index (κ3) is 6.11. The van der Waals surface area contributed by atoms with Gasteiger partial charge in [-0.25, -0.2) is 0 Å². The third-order valence-corrected chi connectivity index (χ3v) is 1.78. The lowest BCUT2D eigenvalue weighted by atomic mass is 10.2. The molecule has 0 aromatic carbocycles. The molecule has 0 rings (SSSR count). The molecule has 0 amide bonds. The monoisotopic (exact) mass is 225 g/mol. The number of likely N-dealkylation sites (N-methyl/N-ethyl adjacent to an activating group) is 1. The average molecular weight is 225 g/mol. The van der Waals surface area contributed by atoms with Gasteiger partial charge in [0.15, 0.2) is 0 Å². The van der Waals surface area contributed by atoms with Crippen LogP contribution >= 0.6 is 0 Å². The number of allylic oxidation sites excluding steroid dienone is 1. The molecule has 0 heterocycles. The molecule has 0 aromatic rings. The van der Waals surface area contributed by atoms with E-state index in [2.05, 4.69) is 4.74 Å². The van der Waals surface area contributed by atoms with E-state index in [9.17, 15) is 18.0 Å². The first kappa shape index (κ1) is 14.0. The zero-order valence-corrected chi connectivity index (χ0v) is 8.89. The Labute approximate surface area is 86.5 Å². The Hall–Kier alpha value is -1.04. The second-order valence-corrected chi connectivity index (χ2v) is 3.16. The maximum absolute atomic E-state index is 12.0. The number of alkyl halides is 3. The predicted octanol–water partition coefficient (Wildman–Crippen LogP) is 1.60. The predicted molar refractivity (Wildman–Crippen MR) is 49.3 cm³/mol. The van der Waals surface area contributed by atoms with Gasteiger partial charge in [0.1, 0.15) is 0 Å². The van der Waals surface area contributed by atoms with Crippen LogP contribution in [0.5, 0.6) is 0 Å². The molecule has 0 fully saturated rings. The fourth-order valence-corrected chi connectivity index (χ4v) is 0.758. The van der Waals surface area contributed by atoms with Crippen molar-refractivity contribution >= 4 is 5.97 Å². The van der Waals surface area contributed by atoms with Gasteiger partial charge in [0, 0.05) is 12.1 Å². The summed E-state index contributed by atoms with van der Waals surface area (Å²) in [6.07, 6.45) is -3.27. The van der Waals surface area contributed by atoms with Crippen LogP contribution in [0, 0.1) is 0 Å². The molecule has 3 nitrogen and oxygen atoms in total. The van der Waals surface area contributed by atoms with Crippen LogP contribution in [-0.2, 0) is 9.53 Å². The number of hydrogen-bond donors (Lipinski definition) is 0. The lowest BCUT2D eigenvalue weighted by Crippen LogP contribution is -2.27. The largest absolute Gasteiger partial charge is 0.468 e. The Kier molecular flexibility index (Phi) is 5.35. The van der Waals surface area contributed by atoms with Gasteiger partial charge >= 0.3 is 12.1 Å². The molecule has 0 N–H and O–H groups in total. The van der Waals surface area contributed by atoms with Crippen molar-refractivity contribution in [3.8, 4) is 0 Å². The van der Waals surface area contributed by atoms with Crippen LogP contribution in [0.25, 0.3) is 0 Å². The van der Waals surface area contributed by atoms with E-state index in [0.717, 1.165) is 13.0 Å². The lowest BCUT2D eigenvalue weighted by molar-refractivity contribution is -0.141. The van der Waals surface area contributed by atoms with Crippen LogP contribution in [0.2, 0.25) is 0 Å². The van der Waals surface area contributed by atoms with Gasteiger partial charge in [0.25, 0.3) is 0 Å². The summed E-state index contributed by atoms with van der Waals surface area (Å²) < 4.78 is 40.5. The van der Waals surface area contributed by atoms with Crippen LogP contribution in [0.3, 0.4) is 0 Å². The van der Waals surface area contributed by atoms with Gasteiger partial charge in [0.05, 0.1) is 13.7 Å². The second kappa shape index (κ2) is 5.75. The quantitative estimate of drug-likeness (QED) is 0.537. The highest BCUT2D eigenvalue weighted by Gasteiger charge is 2.29. The summed E-state index contributed by atoms with van der Waals surface area (Å²) in [5.74, 6) is -0.476. The smallest absolute Gasteiger partial charge is 0.412 e. The molecule has 0 saturated carbocycles. The van der Waals surface area contributed by atoms with E-state index in [1.807, 2.05) is 0 Å². The molecule has 0 unspecified atom stereocenters. The van der Waals surface area contributed by atoms with Gasteiger partial charge in [-0.3, -0.25) is 9.69 Å². The number of methoxy groups -OCH3 is 1. The Bertz CT molecular complexity index is 248. The normalized spacial score (nSPS) is 13.1. The van der Waals surface area contributed by atoms with Crippen LogP contribution in [0.15, 0.2) is 11.6 Å². The zero-order valence-electron chi connectivity index (χ0n) is 8.89. The number of nitrogens with zero attached hydrogens (tertiary/aromatic N) is 1. The maximum atomic E-state index is 12.0. The number of halogens is 3. The minimum atomic E-state index is -4.30. The van der Waals surface area contributed by atoms with Crippen LogP contribution in [0.4, 0.5) is 13.2 Å². The van der Waals surface area contributed by atoms with Gasteiger partial charge < -0.3 is 4.74 Å². The number of esters is 1. The highest BCUT2D eigenvalue weighted by molar-refractivity contribution is 5.71. The molecular weight excluding hydrogens is 211 g/mol. The Balaban J connectivity index is 4.10. The van der Waals surface area contributed by atoms with E-state index < -0.39 is 17.7 Å². The van der Waals surface area contributed by atoms with Crippen LogP contribution in [0.1, 0.15) is 6.92 Å². The second-order valence-electron chi connectivity index (χ2n) is 3.16. The van der Waals surface area contributed by atoms with E-state index in [4.69, 9.17) is 0 Å². The molecule has 0 aliphatic carbocycles. The number of carbonyl (C=O) groups is 1. The number of carbonyl (C=O) groups excluding carboxylic acids is 1. The molecule has 0 saturated heterocycles. The summed E-state index contributed by atoms with van der Waals surface area (Å²) in [4.78, 5) is 12.2. The fourth-order valence-electron chi connectivity index (χ4n) is 0.758. The molecule has 6 heteroatoms. The van der Waals surface area contributed by atoms with Gasteiger partial charge in [-0.05, 0) is 14.0 Å². The molecule has 0 atom stereocenters. The van der Waals surface area contributed by atoms with Crippen LogP contribution in [-0.4, -0.2) is 44.3 Å². The third-order valence-electron chi connectivity index (χ3n) is 1.78. The first-order valence-corrected chi connectivity index (χ1v) is 4.26. The summed E-state index contributed by atoms with van der Waals surface area (Å²) in [6, 6.07) is 0. The van der Waals surface area contributed by atoms with E-state index in [1.165, 1.54) is 19.1 Å². The van der Waals surface area contributed by atoms with Crippen molar-refractivity contribution in [1.29, 1.82) is 0 Å². The highest BCUT2D eigenvalue weighted by Crippen LogP contribution is 2.24. The molecular formula is C9H14F3NO2. The molecule has 0 aromatic heterocycles. The summed E-state index contributed by atoms with van der Waals surface area (Å²) in [6.45, 7) is 1.02. The van der Waals surface area contributed by atoms with Crippen molar-refractivity contribution in [2.24, 2.45) is 0 Å². The van der Waals surface area contributed by atoms with Gasteiger partial charge in [-0.2, -0.15) is 13.2 Å². The number of hydrogen-bond acceptors (Lipinski definition) is 3.